The number of ether oxygens (including phenoxy) is 1. The van der Waals surface area contributed by atoms with Crippen LogP contribution in [0.4, 0.5) is 17.1 Å². The summed E-state index contributed by atoms with van der Waals surface area (Å²) in [5, 5.41) is 34.7. The predicted octanol–water partition coefficient (Wildman–Crippen LogP) is 6.67. The van der Waals surface area contributed by atoms with Crippen LogP contribution < -0.4 is 10.1 Å². The number of nitriles is 1. The highest BCUT2D eigenvalue weighted by Gasteiger charge is 2.23. The van der Waals surface area contributed by atoms with Crippen molar-refractivity contribution in [3.63, 3.8) is 0 Å². The highest BCUT2D eigenvalue weighted by atomic mass is 79.9. The SMILES string of the molecule is Cc1ccc(NC(=O)/C(C#N)=C/c2cc(Br)cc(Br)c2Oc2ccc([N+](=O)[O-])cc2[N+](=O)[O-])cc1. The van der Waals surface area contributed by atoms with E-state index in [4.69, 9.17) is 4.74 Å². The van der Waals surface area contributed by atoms with Crippen molar-refractivity contribution >= 4 is 60.9 Å². The predicted molar refractivity (Wildman–Crippen MR) is 135 cm³/mol. The van der Waals surface area contributed by atoms with E-state index in [1.807, 2.05) is 13.0 Å². The quantitative estimate of drug-likeness (QED) is 0.137. The van der Waals surface area contributed by atoms with Gasteiger partial charge in [0, 0.05) is 21.8 Å². The molecule has 3 aromatic carbocycles. The number of nitrogens with one attached hydrogen (secondary N) is 1. The molecule has 176 valence electrons. The van der Waals surface area contributed by atoms with Crippen LogP contribution in [0.2, 0.25) is 0 Å². The van der Waals surface area contributed by atoms with Crippen molar-refractivity contribution in [2.45, 2.75) is 6.92 Å². The first kappa shape index (κ1) is 25.5. The maximum atomic E-state index is 12.7. The van der Waals surface area contributed by atoms with E-state index in [0.29, 0.717) is 14.6 Å². The first-order valence-electron chi connectivity index (χ1n) is 9.68. The molecular formula is C23H14Br2N4O6. The van der Waals surface area contributed by atoms with Crippen LogP contribution in [-0.2, 0) is 4.79 Å². The van der Waals surface area contributed by atoms with Crippen LogP contribution in [0.3, 0.4) is 0 Å². The minimum absolute atomic E-state index is 0.0565. The lowest BCUT2D eigenvalue weighted by atomic mass is 10.1. The Hall–Kier alpha value is -4.08. The van der Waals surface area contributed by atoms with E-state index in [0.717, 1.165) is 23.8 Å². The fourth-order valence-electron chi connectivity index (χ4n) is 2.89. The topological polar surface area (TPSA) is 148 Å². The summed E-state index contributed by atoms with van der Waals surface area (Å²) in [4.78, 5) is 33.6. The summed E-state index contributed by atoms with van der Waals surface area (Å²) in [5.41, 5.74) is 0.392. The molecular weight excluding hydrogens is 588 g/mol. The Labute approximate surface area is 215 Å². The third-order valence-electron chi connectivity index (χ3n) is 4.57. The van der Waals surface area contributed by atoms with Gasteiger partial charge in [-0.1, -0.05) is 33.6 Å². The molecule has 35 heavy (non-hydrogen) atoms. The van der Waals surface area contributed by atoms with Crippen LogP contribution in [0.1, 0.15) is 11.1 Å². The fourth-order valence-corrected chi connectivity index (χ4v) is 4.23. The van der Waals surface area contributed by atoms with Crippen molar-refractivity contribution in [2.75, 3.05) is 5.32 Å². The van der Waals surface area contributed by atoms with Crippen LogP contribution in [0.25, 0.3) is 6.08 Å². The first-order chi connectivity index (χ1) is 16.6. The number of nitrogens with zero attached hydrogens (tertiary/aromatic N) is 3. The largest absolute Gasteiger partial charge is 0.448 e. The van der Waals surface area contributed by atoms with Crippen molar-refractivity contribution < 1.29 is 19.4 Å². The molecule has 0 saturated carbocycles. The number of benzene rings is 3. The second-order valence-corrected chi connectivity index (χ2v) is 8.83. The number of carbonyl (C=O) groups excluding carboxylic acids is 1. The highest BCUT2D eigenvalue weighted by molar-refractivity contribution is 9.11. The van der Waals surface area contributed by atoms with Crippen LogP contribution in [-0.4, -0.2) is 15.8 Å². The number of nitro benzene ring substituents is 2. The molecule has 0 radical (unpaired) electrons. The molecule has 0 spiro atoms. The van der Waals surface area contributed by atoms with Crippen LogP contribution >= 0.6 is 31.9 Å². The highest BCUT2D eigenvalue weighted by Crippen LogP contribution is 2.41. The molecule has 3 aromatic rings. The van der Waals surface area contributed by atoms with Crippen molar-refractivity contribution in [1.29, 1.82) is 5.26 Å². The van der Waals surface area contributed by atoms with Gasteiger partial charge < -0.3 is 10.1 Å². The molecule has 3 rings (SSSR count). The van der Waals surface area contributed by atoms with Crippen molar-refractivity contribution in [3.8, 4) is 17.6 Å². The molecule has 12 heteroatoms. The Balaban J connectivity index is 2.03. The van der Waals surface area contributed by atoms with Gasteiger partial charge in [0.1, 0.15) is 17.4 Å². The lowest BCUT2D eigenvalue weighted by Gasteiger charge is -2.13. The van der Waals surface area contributed by atoms with Gasteiger partial charge >= 0.3 is 5.69 Å². The molecule has 1 N–H and O–H groups in total. The zero-order valence-corrected chi connectivity index (χ0v) is 21.0. The van der Waals surface area contributed by atoms with E-state index in [1.54, 1.807) is 36.4 Å². The van der Waals surface area contributed by atoms with Gasteiger partial charge in [-0.25, -0.2) is 0 Å². The van der Waals surface area contributed by atoms with E-state index >= 15 is 0 Å². The number of amides is 1. The Kier molecular flexibility index (Phi) is 7.95. The smallest absolute Gasteiger partial charge is 0.318 e. The van der Waals surface area contributed by atoms with Crippen molar-refractivity contribution in [1.82, 2.24) is 0 Å². The Morgan fingerprint density at radius 1 is 1.06 bits per heavy atom. The lowest BCUT2D eigenvalue weighted by Crippen LogP contribution is -2.13. The molecule has 1 amide bonds. The zero-order chi connectivity index (χ0) is 25.7. The van der Waals surface area contributed by atoms with E-state index in [2.05, 4.69) is 37.2 Å². The van der Waals surface area contributed by atoms with Crippen molar-refractivity contribution in [2.24, 2.45) is 0 Å². The minimum atomic E-state index is -0.805. The standard InChI is InChI=1S/C23H14Br2N4O6/c1-13-2-4-17(5-3-13)27-23(30)15(12-26)8-14-9-16(24)10-19(25)22(14)35-21-7-6-18(28(31)32)11-20(21)29(33)34/h2-11H,1H3,(H,27,30)/b15-8+. The third kappa shape index (κ3) is 6.28. The molecule has 0 aliphatic carbocycles. The van der Waals surface area contributed by atoms with Gasteiger partial charge in [0.05, 0.1) is 20.4 Å². The normalized spacial score (nSPS) is 10.9. The number of rotatable bonds is 7. The molecule has 0 atom stereocenters. The molecule has 0 unspecified atom stereocenters. The number of hydrogen-bond donors (Lipinski definition) is 1. The van der Waals surface area contributed by atoms with Crippen molar-refractivity contribution in [3.05, 3.63) is 100 Å². The van der Waals surface area contributed by atoms with Gasteiger partial charge in [0.25, 0.3) is 11.6 Å². The van der Waals surface area contributed by atoms with Gasteiger partial charge in [0.15, 0.2) is 0 Å². The number of halogens is 2. The first-order valence-corrected chi connectivity index (χ1v) is 11.3. The van der Waals surface area contributed by atoms with Gasteiger partial charge in [0.2, 0.25) is 5.75 Å². The third-order valence-corrected chi connectivity index (χ3v) is 5.62. The van der Waals surface area contributed by atoms with Gasteiger partial charge in [-0.15, -0.1) is 0 Å². The summed E-state index contributed by atoms with van der Waals surface area (Å²) in [6, 6.07) is 14.9. The average Bonchev–Trinajstić information content (AvgIpc) is 2.80. The van der Waals surface area contributed by atoms with E-state index in [-0.39, 0.29) is 22.6 Å². The minimum Gasteiger partial charge on any atom is -0.448 e. The molecule has 0 aliphatic heterocycles. The number of hydrogen-bond acceptors (Lipinski definition) is 7. The summed E-state index contributed by atoms with van der Waals surface area (Å²) in [7, 11) is 0. The number of anilines is 1. The van der Waals surface area contributed by atoms with Crippen LogP contribution in [0.5, 0.6) is 11.5 Å². The number of non-ortho nitro benzene ring substituents is 1. The van der Waals surface area contributed by atoms with E-state index in [1.165, 1.54) is 6.08 Å². The van der Waals surface area contributed by atoms with Gasteiger partial charge in [-0.2, -0.15) is 5.26 Å². The maximum absolute atomic E-state index is 12.7. The monoisotopic (exact) mass is 600 g/mol. The zero-order valence-electron chi connectivity index (χ0n) is 17.8. The summed E-state index contributed by atoms with van der Waals surface area (Å²) in [5.74, 6) is -0.873. The number of carbonyl (C=O) groups is 1. The van der Waals surface area contributed by atoms with Crippen LogP contribution in [0.15, 0.2) is 69.1 Å². The second kappa shape index (κ2) is 10.9. The maximum Gasteiger partial charge on any atom is 0.318 e. The molecule has 0 saturated heterocycles. The van der Waals surface area contributed by atoms with Gasteiger partial charge in [-0.3, -0.25) is 25.0 Å². The molecule has 0 aromatic heterocycles. The summed E-state index contributed by atoms with van der Waals surface area (Å²) in [6.45, 7) is 1.90. The van der Waals surface area contributed by atoms with E-state index < -0.39 is 27.1 Å². The summed E-state index contributed by atoms with van der Waals surface area (Å²) < 4.78 is 6.68. The lowest BCUT2D eigenvalue weighted by molar-refractivity contribution is -0.394. The molecule has 0 fully saturated rings. The number of nitro groups is 2. The molecule has 0 bridgehead atoms. The Morgan fingerprint density at radius 3 is 2.34 bits per heavy atom. The average molecular weight is 602 g/mol. The van der Waals surface area contributed by atoms with Gasteiger partial charge in [-0.05, 0) is 59.3 Å². The number of aryl methyl sites for hydroxylation is 1. The Bertz CT molecular complexity index is 1410. The summed E-state index contributed by atoms with van der Waals surface area (Å²) in [6.07, 6.45) is 1.27. The molecule has 10 nitrogen and oxygen atoms in total. The Morgan fingerprint density at radius 2 is 1.74 bits per heavy atom. The molecule has 0 heterocycles. The molecule has 0 aliphatic rings. The summed E-state index contributed by atoms with van der Waals surface area (Å²) >= 11 is 6.64. The fraction of sp³-hybridized carbons (Fsp3) is 0.0435. The van der Waals surface area contributed by atoms with E-state index in [9.17, 15) is 30.3 Å². The second-order valence-electron chi connectivity index (χ2n) is 7.06. The van der Waals surface area contributed by atoms with Crippen LogP contribution in [0, 0.1) is 38.5 Å².